The Balaban J connectivity index is 1.67. The minimum atomic E-state index is 0.120. The molecule has 2 aromatic rings. The Labute approximate surface area is 150 Å². The number of fused-ring (bicyclic) bond motifs is 1. The van der Waals surface area contributed by atoms with E-state index in [4.69, 9.17) is 0 Å². The lowest BCUT2D eigenvalue weighted by Crippen LogP contribution is -2.31. The van der Waals surface area contributed by atoms with E-state index >= 15 is 0 Å². The Bertz CT molecular complexity index is 692. The van der Waals surface area contributed by atoms with Gasteiger partial charge in [-0.2, -0.15) is 5.10 Å². The van der Waals surface area contributed by atoms with E-state index in [9.17, 15) is 4.79 Å². The lowest BCUT2D eigenvalue weighted by molar-refractivity contribution is -0.122. The second-order valence-corrected chi connectivity index (χ2v) is 7.30. The highest BCUT2D eigenvalue weighted by Gasteiger charge is 2.25. The summed E-state index contributed by atoms with van der Waals surface area (Å²) in [6, 6.07) is 10.5. The Kier molecular flexibility index (Phi) is 5.90. The molecule has 0 saturated heterocycles. The number of rotatable bonds is 7. The summed E-state index contributed by atoms with van der Waals surface area (Å²) in [4.78, 5) is 12.4. The van der Waals surface area contributed by atoms with Crippen LogP contribution in [0, 0.1) is 5.92 Å². The summed E-state index contributed by atoms with van der Waals surface area (Å²) in [7, 11) is 0. The number of carbonyl (C=O) groups excluding carboxylic acids is 1. The zero-order valence-corrected chi connectivity index (χ0v) is 15.4. The van der Waals surface area contributed by atoms with E-state index < -0.39 is 0 Å². The third-order valence-electron chi connectivity index (χ3n) is 5.09. The quantitative estimate of drug-likeness (QED) is 0.819. The van der Waals surface area contributed by atoms with Crippen molar-refractivity contribution in [2.24, 2.45) is 5.92 Å². The number of benzene rings is 1. The zero-order chi connectivity index (χ0) is 17.6. The molecule has 0 saturated carbocycles. The molecule has 1 amide bonds. The maximum absolute atomic E-state index is 12.4. The van der Waals surface area contributed by atoms with E-state index in [1.54, 1.807) is 0 Å². The molecule has 1 aromatic carbocycles. The number of hydrogen-bond acceptors (Lipinski definition) is 2. The number of amides is 1. The van der Waals surface area contributed by atoms with Gasteiger partial charge < -0.3 is 5.32 Å². The first-order chi connectivity index (χ1) is 12.2. The van der Waals surface area contributed by atoms with Crippen molar-refractivity contribution in [3.63, 3.8) is 0 Å². The molecule has 2 unspecified atom stereocenters. The minimum Gasteiger partial charge on any atom is -0.349 e. The van der Waals surface area contributed by atoms with Gasteiger partial charge in [0.25, 0.3) is 0 Å². The van der Waals surface area contributed by atoms with Gasteiger partial charge in [0.1, 0.15) is 0 Å². The van der Waals surface area contributed by atoms with Gasteiger partial charge >= 0.3 is 0 Å². The van der Waals surface area contributed by atoms with Gasteiger partial charge in [-0.25, -0.2) is 0 Å². The molecule has 1 N–H and O–H groups in total. The summed E-state index contributed by atoms with van der Waals surface area (Å²) in [5.74, 6) is 0.628. The minimum absolute atomic E-state index is 0.120. The summed E-state index contributed by atoms with van der Waals surface area (Å²) in [6.45, 7) is 5.13. The number of carbonyl (C=O) groups is 1. The second kappa shape index (κ2) is 8.32. The lowest BCUT2D eigenvalue weighted by Gasteiger charge is -2.25. The lowest BCUT2D eigenvalue weighted by atomic mass is 9.92. The van der Waals surface area contributed by atoms with Gasteiger partial charge in [0.15, 0.2) is 0 Å². The molecule has 0 fully saturated rings. The topological polar surface area (TPSA) is 46.9 Å². The Hall–Kier alpha value is -2.10. The highest BCUT2D eigenvalue weighted by molar-refractivity contribution is 5.76. The maximum Gasteiger partial charge on any atom is 0.220 e. The predicted octanol–water partition coefficient (Wildman–Crippen LogP) is 4.25. The zero-order valence-electron chi connectivity index (χ0n) is 15.4. The van der Waals surface area contributed by atoms with E-state index in [0.717, 1.165) is 38.6 Å². The van der Waals surface area contributed by atoms with Crippen LogP contribution in [0.25, 0.3) is 0 Å². The van der Waals surface area contributed by atoms with E-state index in [0.29, 0.717) is 12.3 Å². The van der Waals surface area contributed by atoms with Crippen molar-refractivity contribution in [2.75, 3.05) is 0 Å². The monoisotopic (exact) mass is 339 g/mol. The van der Waals surface area contributed by atoms with Crippen LogP contribution in [0.15, 0.2) is 36.5 Å². The molecular weight excluding hydrogens is 310 g/mol. The number of hydrogen-bond donors (Lipinski definition) is 1. The Morgan fingerprint density at radius 2 is 2.16 bits per heavy atom. The van der Waals surface area contributed by atoms with Crippen LogP contribution < -0.4 is 5.32 Å². The van der Waals surface area contributed by atoms with Gasteiger partial charge in [-0.3, -0.25) is 9.48 Å². The largest absolute Gasteiger partial charge is 0.349 e. The molecule has 3 rings (SSSR count). The molecule has 0 spiro atoms. The van der Waals surface area contributed by atoms with Gasteiger partial charge in [0.2, 0.25) is 5.91 Å². The van der Waals surface area contributed by atoms with Crippen molar-refractivity contribution < 1.29 is 4.79 Å². The normalized spacial score (nSPS) is 17.8. The highest BCUT2D eigenvalue weighted by atomic mass is 16.1. The Morgan fingerprint density at radius 1 is 1.36 bits per heavy atom. The van der Waals surface area contributed by atoms with Crippen LogP contribution in [0.5, 0.6) is 0 Å². The van der Waals surface area contributed by atoms with Crippen LogP contribution in [0.1, 0.15) is 68.8 Å². The molecule has 2 atom stereocenters. The molecule has 0 aliphatic heterocycles. The average molecular weight is 339 g/mol. The van der Waals surface area contributed by atoms with Crippen molar-refractivity contribution in [3.05, 3.63) is 53.3 Å². The van der Waals surface area contributed by atoms with Crippen molar-refractivity contribution >= 4 is 5.91 Å². The van der Waals surface area contributed by atoms with Crippen molar-refractivity contribution in [2.45, 2.75) is 65.0 Å². The van der Waals surface area contributed by atoms with E-state index in [1.165, 1.54) is 16.8 Å². The van der Waals surface area contributed by atoms with E-state index in [2.05, 4.69) is 53.2 Å². The summed E-state index contributed by atoms with van der Waals surface area (Å²) in [5, 5.41) is 7.86. The molecular formula is C21H29N3O. The SMILES string of the molecule is CCCC(C)CC(=O)NC1CCCc2c1cnn2Cc1ccccc1. The standard InChI is InChI=1S/C21H29N3O/c1-3-8-16(2)13-21(25)23-19-11-7-12-20-18(19)14-22-24(20)15-17-9-5-4-6-10-17/h4-6,9-10,14,16,19H,3,7-8,11-13,15H2,1-2H3,(H,23,25). The fourth-order valence-corrected chi connectivity index (χ4v) is 3.83. The first-order valence-electron chi connectivity index (χ1n) is 9.55. The molecule has 25 heavy (non-hydrogen) atoms. The van der Waals surface area contributed by atoms with Crippen LogP contribution in [0.2, 0.25) is 0 Å². The number of nitrogens with zero attached hydrogens (tertiary/aromatic N) is 2. The fraction of sp³-hybridized carbons (Fsp3) is 0.524. The summed E-state index contributed by atoms with van der Waals surface area (Å²) < 4.78 is 2.10. The third-order valence-corrected chi connectivity index (χ3v) is 5.09. The molecule has 4 heteroatoms. The molecule has 1 aliphatic carbocycles. The fourth-order valence-electron chi connectivity index (χ4n) is 3.83. The maximum atomic E-state index is 12.4. The summed E-state index contributed by atoms with van der Waals surface area (Å²) >= 11 is 0. The van der Waals surface area contributed by atoms with Crippen molar-refractivity contribution in [1.29, 1.82) is 0 Å². The summed E-state index contributed by atoms with van der Waals surface area (Å²) in [6.07, 6.45) is 7.98. The number of nitrogens with one attached hydrogen (secondary N) is 1. The predicted molar refractivity (Wildman–Crippen MR) is 100 cm³/mol. The second-order valence-electron chi connectivity index (χ2n) is 7.30. The van der Waals surface area contributed by atoms with E-state index in [1.807, 2.05) is 12.3 Å². The molecule has 1 heterocycles. The van der Waals surface area contributed by atoms with Crippen LogP contribution in [0.3, 0.4) is 0 Å². The van der Waals surface area contributed by atoms with Crippen LogP contribution >= 0.6 is 0 Å². The molecule has 0 radical (unpaired) electrons. The first kappa shape index (κ1) is 17.7. The van der Waals surface area contributed by atoms with Gasteiger partial charge in [-0.05, 0) is 30.7 Å². The number of aromatic nitrogens is 2. The van der Waals surface area contributed by atoms with Gasteiger partial charge in [0.05, 0.1) is 18.8 Å². The molecule has 0 bridgehead atoms. The molecule has 134 valence electrons. The first-order valence-corrected chi connectivity index (χ1v) is 9.55. The van der Waals surface area contributed by atoms with Crippen LogP contribution in [-0.2, 0) is 17.8 Å². The highest BCUT2D eigenvalue weighted by Crippen LogP contribution is 2.30. The summed E-state index contributed by atoms with van der Waals surface area (Å²) in [5.41, 5.74) is 3.74. The van der Waals surface area contributed by atoms with E-state index in [-0.39, 0.29) is 11.9 Å². The van der Waals surface area contributed by atoms with Crippen LogP contribution in [-0.4, -0.2) is 15.7 Å². The average Bonchev–Trinajstić information content (AvgIpc) is 3.00. The van der Waals surface area contributed by atoms with Gasteiger partial charge in [0, 0.05) is 17.7 Å². The smallest absolute Gasteiger partial charge is 0.220 e. The molecule has 1 aromatic heterocycles. The van der Waals surface area contributed by atoms with Gasteiger partial charge in [-0.15, -0.1) is 0 Å². The van der Waals surface area contributed by atoms with Crippen LogP contribution in [0.4, 0.5) is 0 Å². The van der Waals surface area contributed by atoms with Gasteiger partial charge in [-0.1, -0.05) is 57.0 Å². The van der Waals surface area contributed by atoms with Crippen molar-refractivity contribution in [1.82, 2.24) is 15.1 Å². The third kappa shape index (κ3) is 4.50. The molecule has 4 nitrogen and oxygen atoms in total. The van der Waals surface area contributed by atoms with Crippen molar-refractivity contribution in [3.8, 4) is 0 Å². The Morgan fingerprint density at radius 3 is 2.92 bits per heavy atom. The molecule has 1 aliphatic rings.